The normalized spacial score (nSPS) is 21.4. The molecule has 2 aliphatic heterocycles. The summed E-state index contributed by atoms with van der Waals surface area (Å²) in [5.74, 6) is 1.08. The van der Waals surface area contributed by atoms with E-state index in [0.29, 0.717) is 49.0 Å². The molecule has 0 spiro atoms. The van der Waals surface area contributed by atoms with Crippen molar-refractivity contribution in [1.82, 2.24) is 0 Å². The number of rotatable bonds is 9. The van der Waals surface area contributed by atoms with Crippen LogP contribution in [0.25, 0.3) is 0 Å². The van der Waals surface area contributed by atoms with E-state index in [1.807, 2.05) is 24.3 Å². The average Bonchev–Trinajstić information content (AvgIpc) is 3.50. The third-order valence-corrected chi connectivity index (χ3v) is 7.17. The van der Waals surface area contributed by atoms with Gasteiger partial charge in [-0.05, 0) is 66.8 Å². The minimum Gasteiger partial charge on any atom is -0.493 e. The Morgan fingerprint density at radius 3 is 2.42 bits per heavy atom. The molecule has 9 nitrogen and oxygen atoms in total. The molecule has 2 heterocycles. The zero-order valence-electron chi connectivity index (χ0n) is 20.5. The molecule has 0 unspecified atom stereocenters. The molecule has 1 saturated heterocycles. The van der Waals surface area contributed by atoms with Gasteiger partial charge >= 0.3 is 11.9 Å². The molecule has 9 heteroatoms. The fraction of sp³-hybridized carbons (Fsp3) is 0.481. The topological polar surface area (TPSA) is 116 Å². The molecule has 2 aromatic carbocycles. The highest BCUT2D eigenvalue weighted by Crippen LogP contribution is 2.52. The van der Waals surface area contributed by atoms with Crippen LogP contribution in [0, 0.1) is 11.8 Å². The third-order valence-electron chi connectivity index (χ3n) is 7.17. The number of methoxy groups -OCH3 is 2. The summed E-state index contributed by atoms with van der Waals surface area (Å²) in [4.78, 5) is 25.4. The number of esters is 2. The highest BCUT2D eigenvalue weighted by molar-refractivity contribution is 5.79. The molecule has 2 aromatic rings. The molecule has 1 fully saturated rings. The average molecular weight is 498 g/mol. The lowest BCUT2D eigenvalue weighted by Gasteiger charge is -2.34. The first-order valence-electron chi connectivity index (χ1n) is 12.3. The SMILES string of the molecule is COc1cc([C@@H]2c3cc4c(cc3C[C@H]3COC(=O)[C@@H]32)OCO4)cc(OC)c1OC(=O)CCCCCN. The molecular weight excluding hydrogens is 466 g/mol. The predicted molar refractivity (Wildman–Crippen MR) is 129 cm³/mol. The van der Waals surface area contributed by atoms with Crippen LogP contribution in [0.5, 0.6) is 28.7 Å². The molecule has 3 atom stereocenters. The van der Waals surface area contributed by atoms with E-state index < -0.39 is 0 Å². The Kier molecular flexibility index (Phi) is 6.91. The van der Waals surface area contributed by atoms with Gasteiger partial charge in [0.05, 0.1) is 26.7 Å². The highest BCUT2D eigenvalue weighted by atomic mass is 16.7. The van der Waals surface area contributed by atoms with Crippen molar-refractivity contribution < 1.29 is 38.0 Å². The first-order chi connectivity index (χ1) is 17.5. The second kappa shape index (κ2) is 10.3. The molecule has 2 N–H and O–H groups in total. The summed E-state index contributed by atoms with van der Waals surface area (Å²) in [7, 11) is 3.02. The van der Waals surface area contributed by atoms with E-state index in [9.17, 15) is 9.59 Å². The molecule has 1 aliphatic carbocycles. The van der Waals surface area contributed by atoms with Gasteiger partial charge in [0.1, 0.15) is 0 Å². The van der Waals surface area contributed by atoms with Crippen molar-refractivity contribution in [2.45, 2.75) is 38.0 Å². The van der Waals surface area contributed by atoms with E-state index in [1.165, 1.54) is 14.2 Å². The van der Waals surface area contributed by atoms with Gasteiger partial charge in [0.15, 0.2) is 23.0 Å². The van der Waals surface area contributed by atoms with Crippen LogP contribution in [0.15, 0.2) is 24.3 Å². The molecule has 0 radical (unpaired) electrons. The number of hydrogen-bond acceptors (Lipinski definition) is 9. The van der Waals surface area contributed by atoms with Gasteiger partial charge in [-0.25, -0.2) is 0 Å². The van der Waals surface area contributed by atoms with E-state index in [-0.39, 0.29) is 48.7 Å². The van der Waals surface area contributed by atoms with Crippen molar-refractivity contribution in [2.24, 2.45) is 17.6 Å². The van der Waals surface area contributed by atoms with Gasteiger partial charge in [0.25, 0.3) is 0 Å². The van der Waals surface area contributed by atoms with Crippen LogP contribution in [-0.4, -0.2) is 46.1 Å². The summed E-state index contributed by atoms with van der Waals surface area (Å²) >= 11 is 0. The molecule has 0 bridgehead atoms. The summed E-state index contributed by atoms with van der Waals surface area (Å²) in [5.41, 5.74) is 8.40. The summed E-state index contributed by atoms with van der Waals surface area (Å²) in [5, 5.41) is 0. The Morgan fingerprint density at radius 1 is 1.00 bits per heavy atom. The first kappa shape index (κ1) is 24.2. The van der Waals surface area contributed by atoms with Crippen molar-refractivity contribution >= 4 is 11.9 Å². The number of nitrogens with two attached hydrogens (primary N) is 1. The molecule has 0 saturated carbocycles. The van der Waals surface area contributed by atoms with Crippen LogP contribution < -0.4 is 29.4 Å². The second-order valence-corrected chi connectivity index (χ2v) is 9.33. The monoisotopic (exact) mass is 497 g/mol. The van der Waals surface area contributed by atoms with Crippen LogP contribution in [0.2, 0.25) is 0 Å². The van der Waals surface area contributed by atoms with Gasteiger partial charge < -0.3 is 34.2 Å². The lowest BCUT2D eigenvalue weighted by atomic mass is 9.67. The Bertz CT molecular complexity index is 1140. The van der Waals surface area contributed by atoms with Crippen LogP contribution >= 0.6 is 0 Å². The van der Waals surface area contributed by atoms with Crippen molar-refractivity contribution in [3.8, 4) is 28.7 Å². The number of carbonyl (C=O) groups excluding carboxylic acids is 2. The lowest BCUT2D eigenvalue weighted by Crippen LogP contribution is -2.31. The number of cyclic esters (lactones) is 1. The molecule has 5 rings (SSSR count). The standard InChI is InChI=1S/C27H31NO8/c1-31-21-10-16(11-22(32-2)26(21)36-23(29)6-4-3-5-7-28)24-18-12-20-19(34-14-35-20)9-15(18)8-17-13-33-27(30)25(17)24/h9-12,17,24-25H,3-8,13-14,28H2,1-2H3/t17-,24+,25-/m0/s1. The van der Waals surface area contributed by atoms with Gasteiger partial charge in [-0.15, -0.1) is 0 Å². The smallest absolute Gasteiger partial charge is 0.311 e. The quantitative estimate of drug-likeness (QED) is 0.316. The fourth-order valence-electron chi connectivity index (χ4n) is 5.44. The van der Waals surface area contributed by atoms with Crippen LogP contribution in [0.3, 0.4) is 0 Å². The second-order valence-electron chi connectivity index (χ2n) is 9.33. The number of fused-ring (bicyclic) bond motifs is 3. The zero-order chi connectivity index (χ0) is 25.2. The Labute approximate surface area is 209 Å². The van der Waals surface area contributed by atoms with E-state index in [4.69, 9.17) is 34.2 Å². The Balaban J connectivity index is 1.52. The predicted octanol–water partition coefficient (Wildman–Crippen LogP) is 3.33. The fourth-order valence-corrected chi connectivity index (χ4v) is 5.44. The molecule has 36 heavy (non-hydrogen) atoms. The van der Waals surface area contributed by atoms with Crippen LogP contribution in [0.1, 0.15) is 48.3 Å². The maximum atomic E-state index is 12.9. The summed E-state index contributed by atoms with van der Waals surface area (Å²) in [6.45, 7) is 1.15. The first-order valence-corrected chi connectivity index (χ1v) is 12.3. The van der Waals surface area contributed by atoms with E-state index in [1.54, 1.807) is 0 Å². The molecule has 0 amide bonds. The number of unbranched alkanes of at least 4 members (excludes halogenated alkanes) is 2. The van der Waals surface area contributed by atoms with Crippen molar-refractivity contribution in [2.75, 3.05) is 34.2 Å². The minimum atomic E-state index is -0.369. The Hall–Kier alpha value is -3.46. The van der Waals surface area contributed by atoms with Gasteiger partial charge in [0.2, 0.25) is 12.5 Å². The Morgan fingerprint density at radius 2 is 1.72 bits per heavy atom. The van der Waals surface area contributed by atoms with E-state index in [0.717, 1.165) is 29.5 Å². The minimum absolute atomic E-state index is 0.0402. The maximum absolute atomic E-state index is 12.9. The molecule has 3 aliphatic rings. The molecule has 192 valence electrons. The summed E-state index contributed by atoms with van der Waals surface area (Å²) < 4.78 is 33.6. The van der Waals surface area contributed by atoms with Gasteiger partial charge in [-0.3, -0.25) is 9.59 Å². The highest BCUT2D eigenvalue weighted by Gasteiger charge is 2.48. The maximum Gasteiger partial charge on any atom is 0.311 e. The summed E-state index contributed by atoms with van der Waals surface area (Å²) in [6, 6.07) is 7.58. The lowest BCUT2D eigenvalue weighted by molar-refractivity contribution is -0.141. The number of carbonyl (C=O) groups is 2. The molecule has 0 aromatic heterocycles. The van der Waals surface area contributed by atoms with Gasteiger partial charge in [0, 0.05) is 18.3 Å². The van der Waals surface area contributed by atoms with Crippen LogP contribution in [-0.2, 0) is 20.7 Å². The van der Waals surface area contributed by atoms with Crippen molar-refractivity contribution in [3.05, 3.63) is 41.0 Å². The zero-order valence-corrected chi connectivity index (χ0v) is 20.5. The van der Waals surface area contributed by atoms with Crippen molar-refractivity contribution in [3.63, 3.8) is 0 Å². The van der Waals surface area contributed by atoms with Gasteiger partial charge in [-0.2, -0.15) is 0 Å². The van der Waals surface area contributed by atoms with Crippen molar-refractivity contribution in [1.29, 1.82) is 0 Å². The van der Waals surface area contributed by atoms with E-state index in [2.05, 4.69) is 0 Å². The van der Waals surface area contributed by atoms with Gasteiger partial charge in [-0.1, -0.05) is 6.42 Å². The summed E-state index contributed by atoms with van der Waals surface area (Å²) in [6.07, 6.45) is 3.40. The molecular formula is C27H31NO8. The number of ether oxygens (including phenoxy) is 6. The largest absolute Gasteiger partial charge is 0.493 e. The third kappa shape index (κ3) is 4.43. The van der Waals surface area contributed by atoms with E-state index >= 15 is 0 Å². The number of benzene rings is 2. The van der Waals surface area contributed by atoms with Crippen LogP contribution in [0.4, 0.5) is 0 Å². The number of hydrogen-bond donors (Lipinski definition) is 1.